The second-order valence-electron chi connectivity index (χ2n) is 3.56. The molecule has 0 spiro atoms. The fourth-order valence-corrected chi connectivity index (χ4v) is 3.35. The average Bonchev–Trinajstić information content (AvgIpc) is 1.98. The van der Waals surface area contributed by atoms with Crippen LogP contribution in [0.1, 0.15) is 12.8 Å². The minimum Gasteiger partial charge on any atom is -0.123 e. The number of alkyl halides is 1. The van der Waals surface area contributed by atoms with E-state index in [-0.39, 0.29) is 0 Å². The summed E-state index contributed by atoms with van der Waals surface area (Å²) in [6.07, 6.45) is 2.82. The van der Waals surface area contributed by atoms with Crippen LogP contribution in [0.5, 0.6) is 0 Å². The Kier molecular flexibility index (Phi) is 0.502. The first kappa shape index (κ1) is 4.16. The van der Waals surface area contributed by atoms with Crippen molar-refractivity contribution < 1.29 is 0 Å². The maximum atomic E-state index is 6.03. The van der Waals surface area contributed by atoms with E-state index < -0.39 is 0 Å². The zero-order valence-corrected chi connectivity index (χ0v) is 5.43. The average molecular weight is 129 g/mol. The van der Waals surface area contributed by atoms with Crippen molar-refractivity contribution in [3.63, 3.8) is 0 Å². The van der Waals surface area contributed by atoms with Crippen LogP contribution < -0.4 is 0 Å². The third kappa shape index (κ3) is 0.255. The van der Waals surface area contributed by atoms with Gasteiger partial charge < -0.3 is 0 Å². The van der Waals surface area contributed by atoms with Gasteiger partial charge in [0.15, 0.2) is 0 Å². The van der Waals surface area contributed by atoms with E-state index in [1.165, 1.54) is 12.8 Å². The lowest BCUT2D eigenvalue weighted by Gasteiger charge is -2.28. The molecule has 0 saturated heterocycles. The Hall–Kier alpha value is 0.290. The van der Waals surface area contributed by atoms with Crippen LogP contribution in [0.2, 0.25) is 0 Å². The topological polar surface area (TPSA) is 0 Å². The van der Waals surface area contributed by atoms with Crippen molar-refractivity contribution in [2.75, 3.05) is 0 Å². The summed E-state index contributed by atoms with van der Waals surface area (Å²) in [4.78, 5) is 0. The predicted octanol–water partition coefficient (Wildman–Crippen LogP) is 1.88. The first-order valence-electron chi connectivity index (χ1n) is 3.52. The van der Waals surface area contributed by atoms with Crippen LogP contribution in [0.25, 0.3) is 0 Å². The van der Waals surface area contributed by atoms with E-state index in [0.29, 0.717) is 5.38 Å². The Morgan fingerprint density at radius 2 is 1.75 bits per heavy atom. The van der Waals surface area contributed by atoms with Crippen molar-refractivity contribution in [3.8, 4) is 0 Å². The molecule has 1 heteroatoms. The number of hydrogen-bond acceptors (Lipinski definition) is 0. The Balaban J connectivity index is 1.98. The first-order chi connectivity index (χ1) is 3.88. The minimum atomic E-state index is 0.579. The van der Waals surface area contributed by atoms with Gasteiger partial charge in [0.1, 0.15) is 0 Å². The van der Waals surface area contributed by atoms with Gasteiger partial charge in [0.2, 0.25) is 0 Å². The molecular weight excluding hydrogens is 120 g/mol. The van der Waals surface area contributed by atoms with E-state index in [9.17, 15) is 0 Å². The summed E-state index contributed by atoms with van der Waals surface area (Å²) >= 11 is 6.03. The normalized spacial score (nSPS) is 73.9. The highest BCUT2D eigenvalue weighted by atomic mass is 35.5. The monoisotopic (exact) mass is 128 g/mol. The van der Waals surface area contributed by atoms with Crippen LogP contribution in [-0.2, 0) is 0 Å². The molecule has 5 atom stereocenters. The van der Waals surface area contributed by atoms with Crippen molar-refractivity contribution in [1.29, 1.82) is 0 Å². The number of hydrogen-bond donors (Lipinski definition) is 0. The van der Waals surface area contributed by atoms with Crippen LogP contribution in [0.4, 0.5) is 0 Å². The zero-order chi connectivity index (χ0) is 5.30. The third-order valence-corrected chi connectivity index (χ3v) is 3.90. The van der Waals surface area contributed by atoms with Gasteiger partial charge in [0.25, 0.3) is 0 Å². The van der Waals surface area contributed by atoms with Gasteiger partial charge in [-0.1, -0.05) is 0 Å². The maximum absolute atomic E-state index is 6.03. The highest BCUT2D eigenvalue weighted by Crippen LogP contribution is 2.73. The van der Waals surface area contributed by atoms with E-state index in [4.69, 9.17) is 11.6 Å². The molecule has 0 nitrogen and oxygen atoms in total. The van der Waals surface area contributed by atoms with Gasteiger partial charge in [-0.3, -0.25) is 0 Å². The Labute approximate surface area is 54.2 Å². The second-order valence-corrected chi connectivity index (χ2v) is 4.12. The summed E-state index contributed by atoms with van der Waals surface area (Å²) < 4.78 is 0. The minimum absolute atomic E-state index is 0.579. The van der Waals surface area contributed by atoms with Gasteiger partial charge in [-0.05, 0) is 36.5 Å². The van der Waals surface area contributed by atoms with Crippen molar-refractivity contribution in [2.45, 2.75) is 18.2 Å². The van der Waals surface area contributed by atoms with Gasteiger partial charge in [0, 0.05) is 5.38 Å². The summed E-state index contributed by atoms with van der Waals surface area (Å²) in [5.74, 6) is 4.35. The molecule has 3 rings (SSSR count). The van der Waals surface area contributed by atoms with Crippen LogP contribution in [0, 0.1) is 23.7 Å². The van der Waals surface area contributed by atoms with E-state index in [0.717, 1.165) is 23.7 Å². The number of fused-ring (bicyclic) bond motifs is 1. The van der Waals surface area contributed by atoms with Crippen molar-refractivity contribution >= 4 is 11.6 Å². The lowest BCUT2D eigenvalue weighted by Crippen LogP contribution is -2.24. The second kappa shape index (κ2) is 0.965. The summed E-state index contributed by atoms with van der Waals surface area (Å²) in [7, 11) is 0. The quantitative estimate of drug-likeness (QED) is 0.437. The Morgan fingerprint density at radius 3 is 2.00 bits per heavy atom. The molecular formula is C7H9Cl. The molecule has 3 aliphatic carbocycles. The van der Waals surface area contributed by atoms with E-state index in [2.05, 4.69) is 0 Å². The van der Waals surface area contributed by atoms with E-state index >= 15 is 0 Å². The molecule has 0 amide bonds. The van der Waals surface area contributed by atoms with Gasteiger partial charge in [-0.2, -0.15) is 0 Å². The fourth-order valence-electron chi connectivity index (χ4n) is 2.87. The SMILES string of the molecule is ClC1CC2C3CC1C23. The molecule has 0 bridgehead atoms. The molecule has 5 unspecified atom stereocenters. The van der Waals surface area contributed by atoms with Crippen molar-refractivity contribution in [3.05, 3.63) is 0 Å². The van der Waals surface area contributed by atoms with E-state index in [1.54, 1.807) is 0 Å². The molecule has 44 valence electrons. The fraction of sp³-hybridized carbons (Fsp3) is 1.00. The Bertz CT molecular complexity index is 137. The molecule has 8 heavy (non-hydrogen) atoms. The molecule has 0 N–H and O–H groups in total. The maximum Gasteiger partial charge on any atom is 0.0370 e. The highest BCUT2D eigenvalue weighted by molar-refractivity contribution is 6.21. The summed E-state index contributed by atoms with van der Waals surface area (Å²) in [6, 6.07) is 0. The van der Waals surface area contributed by atoms with Crippen molar-refractivity contribution in [1.82, 2.24) is 0 Å². The van der Waals surface area contributed by atoms with Crippen LogP contribution in [-0.4, -0.2) is 5.38 Å². The van der Waals surface area contributed by atoms with E-state index in [1.807, 2.05) is 0 Å². The number of rotatable bonds is 0. The van der Waals surface area contributed by atoms with Gasteiger partial charge in [0.05, 0.1) is 0 Å². The summed E-state index contributed by atoms with van der Waals surface area (Å²) in [5.41, 5.74) is 0. The van der Waals surface area contributed by atoms with Gasteiger partial charge >= 0.3 is 0 Å². The zero-order valence-electron chi connectivity index (χ0n) is 4.68. The molecule has 0 aromatic heterocycles. The van der Waals surface area contributed by atoms with Crippen LogP contribution in [0.15, 0.2) is 0 Å². The number of halogens is 1. The van der Waals surface area contributed by atoms with Crippen LogP contribution in [0.3, 0.4) is 0 Å². The van der Waals surface area contributed by atoms with Crippen LogP contribution >= 0.6 is 11.6 Å². The van der Waals surface area contributed by atoms with Gasteiger partial charge in [-0.25, -0.2) is 0 Å². The largest absolute Gasteiger partial charge is 0.123 e. The predicted molar refractivity (Wildman–Crippen MR) is 32.8 cm³/mol. The molecule has 3 aliphatic rings. The molecule has 0 radical (unpaired) electrons. The highest BCUT2D eigenvalue weighted by Gasteiger charge is 2.69. The molecule has 0 aromatic rings. The lowest BCUT2D eigenvalue weighted by atomic mass is 9.82. The first-order valence-corrected chi connectivity index (χ1v) is 3.95. The lowest BCUT2D eigenvalue weighted by molar-refractivity contribution is 0.275. The molecule has 0 heterocycles. The third-order valence-electron chi connectivity index (χ3n) is 3.40. The summed E-state index contributed by atoms with van der Waals surface area (Å²) in [5, 5.41) is 0.579. The molecule has 3 saturated carbocycles. The molecule has 0 aliphatic heterocycles. The van der Waals surface area contributed by atoms with Gasteiger partial charge in [-0.15, -0.1) is 11.6 Å². The standard InChI is InChI=1S/C7H9Cl/c8-6-2-4-3-1-5(6)7(3)4/h3-7H,1-2H2. The molecule has 3 fully saturated rings. The molecule has 0 aromatic carbocycles. The van der Waals surface area contributed by atoms with Crippen molar-refractivity contribution in [2.24, 2.45) is 23.7 Å². The summed E-state index contributed by atoms with van der Waals surface area (Å²) in [6.45, 7) is 0. The Morgan fingerprint density at radius 1 is 1.00 bits per heavy atom. The smallest absolute Gasteiger partial charge is 0.0370 e.